The van der Waals surface area contributed by atoms with Gasteiger partial charge in [0.1, 0.15) is 11.9 Å². The van der Waals surface area contributed by atoms with Crippen LogP contribution in [0.15, 0.2) is 66.7 Å². The van der Waals surface area contributed by atoms with E-state index in [2.05, 4.69) is 17.0 Å². The molecule has 0 amide bonds. The first-order valence-corrected chi connectivity index (χ1v) is 9.52. The number of hydrogen-bond acceptors (Lipinski definition) is 2. The topological polar surface area (TPSA) is 12.5 Å². The Morgan fingerprint density at radius 3 is 2.25 bits per heavy atom. The van der Waals surface area contributed by atoms with Crippen molar-refractivity contribution in [2.45, 2.75) is 31.7 Å². The third kappa shape index (κ3) is 4.14. The number of ether oxygens (including phenoxy) is 1. The molecule has 4 rings (SSSR count). The molecule has 1 heterocycles. The van der Waals surface area contributed by atoms with Gasteiger partial charge in [0, 0.05) is 25.0 Å². The molecule has 0 aromatic heterocycles. The Bertz CT molecular complexity index is 931. The van der Waals surface area contributed by atoms with Crippen molar-refractivity contribution in [2.24, 2.45) is 0 Å². The summed E-state index contributed by atoms with van der Waals surface area (Å²) in [6.07, 6.45) is -3.22. The van der Waals surface area contributed by atoms with Crippen molar-refractivity contribution in [1.82, 2.24) is 4.90 Å². The summed E-state index contributed by atoms with van der Waals surface area (Å²) in [5, 5.41) is 1.27. The van der Waals surface area contributed by atoms with Crippen LogP contribution in [0.4, 0.5) is 13.2 Å². The van der Waals surface area contributed by atoms with Gasteiger partial charge in [-0.3, -0.25) is 4.90 Å². The lowest BCUT2D eigenvalue weighted by Gasteiger charge is -2.33. The number of hydrogen-bond donors (Lipinski definition) is 0. The van der Waals surface area contributed by atoms with Crippen LogP contribution in [-0.2, 0) is 12.7 Å². The summed E-state index contributed by atoms with van der Waals surface area (Å²) in [6.45, 7) is 2.48. The zero-order valence-corrected chi connectivity index (χ0v) is 15.5. The van der Waals surface area contributed by atoms with E-state index in [0.717, 1.165) is 31.1 Å². The largest absolute Gasteiger partial charge is 0.489 e. The lowest BCUT2D eigenvalue weighted by molar-refractivity contribution is -0.139. The highest BCUT2D eigenvalue weighted by atomic mass is 19.4. The molecule has 2 nitrogen and oxygen atoms in total. The fourth-order valence-corrected chi connectivity index (χ4v) is 3.79. The van der Waals surface area contributed by atoms with Crippen molar-refractivity contribution in [2.75, 3.05) is 13.1 Å². The van der Waals surface area contributed by atoms with Gasteiger partial charge in [0.25, 0.3) is 0 Å². The molecule has 0 atom stereocenters. The smallest absolute Gasteiger partial charge is 0.419 e. The van der Waals surface area contributed by atoms with Crippen LogP contribution in [0.25, 0.3) is 10.8 Å². The van der Waals surface area contributed by atoms with Gasteiger partial charge in [-0.15, -0.1) is 0 Å². The maximum Gasteiger partial charge on any atom is 0.419 e. The fraction of sp³-hybridized carbons (Fsp3) is 0.304. The second-order valence-electron chi connectivity index (χ2n) is 7.24. The molecule has 1 aliphatic rings. The molecule has 3 aromatic carbocycles. The number of likely N-dealkylation sites (tertiary alicyclic amines) is 1. The maximum atomic E-state index is 13.5. The molecule has 0 aliphatic carbocycles. The second kappa shape index (κ2) is 7.84. The van der Waals surface area contributed by atoms with Gasteiger partial charge in [0.05, 0.1) is 5.56 Å². The molecule has 1 saturated heterocycles. The van der Waals surface area contributed by atoms with E-state index in [1.807, 2.05) is 30.3 Å². The van der Waals surface area contributed by atoms with Crippen LogP contribution >= 0.6 is 0 Å². The molecule has 146 valence electrons. The average molecular weight is 385 g/mol. The normalized spacial score (nSPS) is 16.4. The van der Waals surface area contributed by atoms with Crippen molar-refractivity contribution in [3.8, 4) is 5.75 Å². The third-order valence-electron chi connectivity index (χ3n) is 5.25. The summed E-state index contributed by atoms with van der Waals surface area (Å²) in [6, 6.07) is 19.9. The van der Waals surface area contributed by atoms with Crippen molar-refractivity contribution < 1.29 is 17.9 Å². The van der Waals surface area contributed by atoms with Gasteiger partial charge in [0.2, 0.25) is 0 Å². The minimum atomic E-state index is -4.44. The quantitative estimate of drug-likeness (QED) is 0.554. The Labute approximate surface area is 162 Å². The SMILES string of the molecule is FC(F)(F)c1ccc2ccccc2c1OC1CCN(Cc2ccccc2)CC1. The zero-order chi connectivity index (χ0) is 19.6. The average Bonchev–Trinajstić information content (AvgIpc) is 2.69. The molecule has 0 N–H and O–H groups in total. The Kier molecular flexibility index (Phi) is 5.27. The Balaban J connectivity index is 1.50. The lowest BCUT2D eigenvalue weighted by atomic mass is 10.0. The monoisotopic (exact) mass is 385 g/mol. The maximum absolute atomic E-state index is 13.5. The summed E-state index contributed by atoms with van der Waals surface area (Å²) in [4.78, 5) is 2.32. The molecule has 0 unspecified atom stereocenters. The fourth-order valence-electron chi connectivity index (χ4n) is 3.79. The van der Waals surface area contributed by atoms with E-state index in [1.54, 1.807) is 12.1 Å². The van der Waals surface area contributed by atoms with E-state index in [0.29, 0.717) is 18.2 Å². The molecular formula is C23H22F3NO. The molecular weight excluding hydrogens is 363 g/mol. The molecule has 0 saturated carbocycles. The number of piperidine rings is 1. The molecule has 0 bridgehead atoms. The third-order valence-corrected chi connectivity index (χ3v) is 5.25. The molecule has 1 fully saturated rings. The molecule has 3 aromatic rings. The van der Waals surface area contributed by atoms with Crippen LogP contribution in [-0.4, -0.2) is 24.1 Å². The molecule has 5 heteroatoms. The predicted molar refractivity (Wildman–Crippen MR) is 104 cm³/mol. The first-order valence-electron chi connectivity index (χ1n) is 9.52. The van der Waals surface area contributed by atoms with E-state index in [1.165, 1.54) is 11.6 Å². The van der Waals surface area contributed by atoms with E-state index in [9.17, 15) is 13.2 Å². The van der Waals surface area contributed by atoms with Crippen LogP contribution in [0, 0.1) is 0 Å². The Morgan fingerprint density at radius 1 is 0.857 bits per heavy atom. The molecule has 28 heavy (non-hydrogen) atoms. The van der Waals surface area contributed by atoms with Crippen LogP contribution in [0.2, 0.25) is 0 Å². The van der Waals surface area contributed by atoms with Gasteiger partial charge in [-0.1, -0.05) is 60.7 Å². The standard InChI is InChI=1S/C23H22F3NO/c24-23(25,26)21-11-10-18-8-4-5-9-20(18)22(21)28-19-12-14-27(15-13-19)16-17-6-2-1-3-7-17/h1-11,19H,12-16H2. The minimum Gasteiger partial charge on any atom is -0.489 e. The number of fused-ring (bicyclic) bond motifs is 1. The van der Waals surface area contributed by atoms with Crippen LogP contribution in [0.1, 0.15) is 24.0 Å². The van der Waals surface area contributed by atoms with E-state index in [-0.39, 0.29) is 11.9 Å². The number of benzene rings is 3. The first kappa shape index (κ1) is 18.8. The highest BCUT2D eigenvalue weighted by molar-refractivity contribution is 5.89. The van der Waals surface area contributed by atoms with E-state index >= 15 is 0 Å². The summed E-state index contributed by atoms with van der Waals surface area (Å²) < 4.78 is 46.6. The molecule has 0 radical (unpaired) electrons. The Hall–Kier alpha value is -2.53. The number of rotatable bonds is 4. The van der Waals surface area contributed by atoms with Crippen molar-refractivity contribution in [3.05, 3.63) is 77.9 Å². The number of nitrogens with zero attached hydrogens (tertiary/aromatic N) is 1. The lowest BCUT2D eigenvalue weighted by Crippen LogP contribution is -2.38. The summed E-state index contributed by atoms with van der Waals surface area (Å²) >= 11 is 0. The van der Waals surface area contributed by atoms with Crippen molar-refractivity contribution >= 4 is 10.8 Å². The number of alkyl halides is 3. The molecule has 1 aliphatic heterocycles. The summed E-state index contributed by atoms with van der Waals surface area (Å²) in [5.74, 6) is -0.0351. The van der Waals surface area contributed by atoms with Gasteiger partial charge in [0.15, 0.2) is 0 Å². The minimum absolute atomic E-state index is 0.0351. The predicted octanol–water partition coefficient (Wildman–Crippen LogP) is 5.90. The first-order chi connectivity index (χ1) is 13.5. The van der Waals surface area contributed by atoms with Gasteiger partial charge in [-0.25, -0.2) is 0 Å². The Morgan fingerprint density at radius 2 is 1.54 bits per heavy atom. The highest BCUT2D eigenvalue weighted by Gasteiger charge is 2.36. The van der Waals surface area contributed by atoms with E-state index < -0.39 is 11.7 Å². The van der Waals surface area contributed by atoms with Crippen LogP contribution < -0.4 is 4.74 Å². The molecule has 0 spiro atoms. The zero-order valence-electron chi connectivity index (χ0n) is 15.5. The van der Waals surface area contributed by atoms with Crippen LogP contribution in [0.3, 0.4) is 0 Å². The number of halogens is 3. The van der Waals surface area contributed by atoms with Gasteiger partial charge < -0.3 is 4.74 Å². The summed E-state index contributed by atoms with van der Waals surface area (Å²) in [5.41, 5.74) is 0.549. The van der Waals surface area contributed by atoms with Crippen molar-refractivity contribution in [3.63, 3.8) is 0 Å². The second-order valence-corrected chi connectivity index (χ2v) is 7.24. The van der Waals surface area contributed by atoms with Gasteiger partial charge >= 0.3 is 6.18 Å². The van der Waals surface area contributed by atoms with Crippen molar-refractivity contribution in [1.29, 1.82) is 0 Å². The van der Waals surface area contributed by atoms with Gasteiger partial charge in [-0.2, -0.15) is 13.2 Å². The van der Waals surface area contributed by atoms with Crippen LogP contribution in [0.5, 0.6) is 5.75 Å². The highest BCUT2D eigenvalue weighted by Crippen LogP contribution is 2.41. The van der Waals surface area contributed by atoms with Gasteiger partial charge in [-0.05, 0) is 29.9 Å². The summed E-state index contributed by atoms with van der Waals surface area (Å²) in [7, 11) is 0. The van der Waals surface area contributed by atoms with E-state index in [4.69, 9.17) is 4.74 Å².